The molecule has 0 bridgehead atoms. The molecule has 0 radical (unpaired) electrons. The Kier molecular flexibility index (Phi) is 8.52. The van der Waals surface area contributed by atoms with Gasteiger partial charge >= 0.3 is 12.2 Å². The van der Waals surface area contributed by atoms with Crippen LogP contribution in [0.25, 0.3) is 16.9 Å². The molecular formula is C29H27F4N5O2. The summed E-state index contributed by atoms with van der Waals surface area (Å²) < 4.78 is 55.3. The number of nitrogens with zero attached hydrogens (tertiary/aromatic N) is 3. The molecule has 4 rings (SSSR count). The number of anilines is 2. The minimum atomic E-state index is -4.67. The van der Waals surface area contributed by atoms with Crippen molar-refractivity contribution in [2.24, 2.45) is 5.92 Å². The normalized spacial score (nSPS) is 11.4. The van der Waals surface area contributed by atoms with Crippen molar-refractivity contribution in [2.75, 3.05) is 23.7 Å². The highest BCUT2D eigenvalue weighted by Crippen LogP contribution is 2.34. The van der Waals surface area contributed by atoms with Gasteiger partial charge in [-0.1, -0.05) is 56.3 Å². The molecule has 0 fully saturated rings. The fourth-order valence-electron chi connectivity index (χ4n) is 4.05. The summed E-state index contributed by atoms with van der Waals surface area (Å²) in [6.45, 7) is 3.31. The van der Waals surface area contributed by atoms with Gasteiger partial charge in [0.15, 0.2) is 0 Å². The molecular weight excluding hydrogens is 526 g/mol. The minimum Gasteiger partial charge on any atom is -0.315 e. The van der Waals surface area contributed by atoms with Gasteiger partial charge in [0, 0.05) is 18.2 Å². The van der Waals surface area contributed by atoms with Crippen LogP contribution in [0.15, 0.2) is 84.9 Å². The third-order valence-corrected chi connectivity index (χ3v) is 5.80. The number of carbonyl (C=O) groups excluding carboxylic acids is 2. The molecule has 208 valence electrons. The standard InChI is InChI=1S/C29H27F4N5O2/c1-19(2)17-37(28(40)34-24-11-7-6-10-23(24)29(31,32)33)18-27(39)35-26-16-25(20-8-4-3-5-9-20)36-38(26)22-14-12-21(30)13-15-22/h3-16,19H,17-18H2,1-2H3,(H,34,40)(H,35,39). The number of hydrogen-bond acceptors (Lipinski definition) is 3. The summed E-state index contributed by atoms with van der Waals surface area (Å²) in [6.07, 6.45) is -4.67. The molecule has 0 aliphatic rings. The van der Waals surface area contributed by atoms with Gasteiger partial charge in [0.25, 0.3) is 0 Å². The molecule has 0 atom stereocenters. The van der Waals surface area contributed by atoms with Gasteiger partial charge < -0.3 is 15.5 Å². The lowest BCUT2D eigenvalue weighted by atomic mass is 10.1. The first-order valence-corrected chi connectivity index (χ1v) is 12.4. The number of amides is 3. The van der Waals surface area contributed by atoms with E-state index >= 15 is 0 Å². The van der Waals surface area contributed by atoms with E-state index in [1.54, 1.807) is 6.07 Å². The predicted octanol–water partition coefficient (Wildman–Crippen LogP) is 6.83. The second-order valence-corrected chi connectivity index (χ2v) is 9.47. The van der Waals surface area contributed by atoms with Crippen LogP contribution in [0, 0.1) is 11.7 Å². The summed E-state index contributed by atoms with van der Waals surface area (Å²) in [5.74, 6) is -0.844. The van der Waals surface area contributed by atoms with E-state index in [1.165, 1.54) is 41.1 Å². The topological polar surface area (TPSA) is 79.3 Å². The second kappa shape index (κ2) is 12.0. The van der Waals surface area contributed by atoms with Crippen molar-refractivity contribution in [3.63, 3.8) is 0 Å². The second-order valence-electron chi connectivity index (χ2n) is 9.47. The molecule has 4 aromatic rings. The molecule has 40 heavy (non-hydrogen) atoms. The number of nitrogens with one attached hydrogen (secondary N) is 2. The Morgan fingerprint density at radius 2 is 1.57 bits per heavy atom. The molecule has 0 aliphatic carbocycles. The zero-order valence-corrected chi connectivity index (χ0v) is 21.7. The summed E-state index contributed by atoms with van der Waals surface area (Å²) >= 11 is 0. The number of aromatic nitrogens is 2. The summed E-state index contributed by atoms with van der Waals surface area (Å²) in [7, 11) is 0. The number of urea groups is 1. The maximum Gasteiger partial charge on any atom is 0.418 e. The zero-order valence-electron chi connectivity index (χ0n) is 21.7. The third-order valence-electron chi connectivity index (χ3n) is 5.80. The lowest BCUT2D eigenvalue weighted by Gasteiger charge is -2.25. The zero-order chi connectivity index (χ0) is 28.9. The van der Waals surface area contributed by atoms with E-state index < -0.39 is 41.7 Å². The molecule has 0 saturated carbocycles. The number of benzene rings is 3. The van der Waals surface area contributed by atoms with Crippen molar-refractivity contribution in [2.45, 2.75) is 20.0 Å². The van der Waals surface area contributed by atoms with Crippen LogP contribution in [0.4, 0.5) is 33.9 Å². The van der Waals surface area contributed by atoms with E-state index in [0.717, 1.165) is 22.6 Å². The van der Waals surface area contributed by atoms with Crippen LogP contribution < -0.4 is 10.6 Å². The van der Waals surface area contributed by atoms with E-state index in [0.29, 0.717) is 11.4 Å². The van der Waals surface area contributed by atoms with Crippen LogP contribution in [0.2, 0.25) is 0 Å². The van der Waals surface area contributed by atoms with Crippen LogP contribution in [-0.2, 0) is 11.0 Å². The van der Waals surface area contributed by atoms with Crippen molar-refractivity contribution in [1.82, 2.24) is 14.7 Å². The van der Waals surface area contributed by atoms with Crippen LogP contribution >= 0.6 is 0 Å². The first kappa shape index (κ1) is 28.3. The van der Waals surface area contributed by atoms with Gasteiger partial charge in [-0.25, -0.2) is 13.9 Å². The number of halogens is 4. The highest BCUT2D eigenvalue weighted by molar-refractivity contribution is 5.97. The van der Waals surface area contributed by atoms with E-state index in [-0.39, 0.29) is 18.3 Å². The minimum absolute atomic E-state index is 0.0779. The number of alkyl halides is 3. The Morgan fingerprint density at radius 1 is 0.925 bits per heavy atom. The molecule has 1 aromatic heterocycles. The van der Waals surface area contributed by atoms with Crippen LogP contribution in [0.1, 0.15) is 19.4 Å². The van der Waals surface area contributed by atoms with Crippen LogP contribution in [0.5, 0.6) is 0 Å². The number of carbonyl (C=O) groups is 2. The summed E-state index contributed by atoms with van der Waals surface area (Å²) in [6, 6.07) is 20.2. The fraction of sp³-hybridized carbons (Fsp3) is 0.207. The fourth-order valence-corrected chi connectivity index (χ4v) is 4.05. The van der Waals surface area contributed by atoms with E-state index in [9.17, 15) is 27.2 Å². The third kappa shape index (κ3) is 7.04. The van der Waals surface area contributed by atoms with E-state index in [2.05, 4.69) is 15.7 Å². The SMILES string of the molecule is CC(C)CN(CC(=O)Nc1cc(-c2ccccc2)nn1-c1ccc(F)cc1)C(=O)Nc1ccccc1C(F)(F)F. The Hall–Kier alpha value is -4.67. The van der Waals surface area contributed by atoms with Crippen molar-refractivity contribution in [3.8, 4) is 16.9 Å². The Morgan fingerprint density at radius 3 is 2.23 bits per heavy atom. The number of hydrogen-bond donors (Lipinski definition) is 2. The molecule has 11 heteroatoms. The van der Waals surface area contributed by atoms with E-state index in [4.69, 9.17) is 0 Å². The van der Waals surface area contributed by atoms with Crippen LogP contribution in [-0.4, -0.2) is 39.7 Å². The summed E-state index contributed by atoms with van der Waals surface area (Å²) in [4.78, 5) is 27.3. The Bertz CT molecular complexity index is 1470. The van der Waals surface area contributed by atoms with Crippen LogP contribution in [0.3, 0.4) is 0 Å². The van der Waals surface area contributed by atoms with Crippen molar-refractivity contribution in [3.05, 3.63) is 96.3 Å². The quantitative estimate of drug-likeness (QED) is 0.235. The lowest BCUT2D eigenvalue weighted by Crippen LogP contribution is -2.43. The van der Waals surface area contributed by atoms with Gasteiger partial charge in [-0.3, -0.25) is 4.79 Å². The largest absolute Gasteiger partial charge is 0.418 e. The summed E-state index contributed by atoms with van der Waals surface area (Å²) in [5.41, 5.74) is 0.410. The van der Waals surface area contributed by atoms with E-state index in [1.807, 2.05) is 44.2 Å². The van der Waals surface area contributed by atoms with Crippen molar-refractivity contribution >= 4 is 23.4 Å². The predicted molar refractivity (Wildman–Crippen MR) is 144 cm³/mol. The maximum absolute atomic E-state index is 13.5. The molecule has 0 aliphatic heterocycles. The average Bonchev–Trinajstić information content (AvgIpc) is 3.32. The molecule has 0 saturated heterocycles. The summed E-state index contributed by atoms with van der Waals surface area (Å²) in [5, 5.41) is 9.60. The van der Waals surface area contributed by atoms with Crippen molar-refractivity contribution in [1.29, 1.82) is 0 Å². The first-order chi connectivity index (χ1) is 19.0. The highest BCUT2D eigenvalue weighted by Gasteiger charge is 2.34. The molecule has 0 spiro atoms. The average molecular weight is 554 g/mol. The smallest absolute Gasteiger partial charge is 0.315 e. The Balaban J connectivity index is 1.58. The first-order valence-electron chi connectivity index (χ1n) is 12.4. The molecule has 3 aromatic carbocycles. The highest BCUT2D eigenvalue weighted by atomic mass is 19.4. The molecule has 2 N–H and O–H groups in total. The maximum atomic E-state index is 13.5. The van der Waals surface area contributed by atoms with Gasteiger partial charge in [0.2, 0.25) is 5.91 Å². The van der Waals surface area contributed by atoms with Gasteiger partial charge in [-0.15, -0.1) is 0 Å². The lowest BCUT2D eigenvalue weighted by molar-refractivity contribution is -0.137. The number of para-hydroxylation sites is 1. The van der Waals surface area contributed by atoms with Gasteiger partial charge in [0.05, 0.1) is 22.6 Å². The monoisotopic (exact) mass is 553 g/mol. The van der Waals surface area contributed by atoms with Gasteiger partial charge in [-0.05, 0) is 42.3 Å². The van der Waals surface area contributed by atoms with Crippen molar-refractivity contribution < 1.29 is 27.2 Å². The molecule has 0 unspecified atom stereocenters. The molecule has 1 heterocycles. The van der Waals surface area contributed by atoms with Gasteiger partial charge in [0.1, 0.15) is 18.2 Å². The Labute approximate surface area is 228 Å². The number of rotatable bonds is 8. The molecule has 3 amide bonds. The van der Waals surface area contributed by atoms with Gasteiger partial charge in [-0.2, -0.15) is 18.3 Å². The molecule has 7 nitrogen and oxygen atoms in total.